The normalized spacial score (nSPS) is 13.3. The second-order valence-corrected chi connectivity index (χ2v) is 3.94. The Kier molecular flexibility index (Phi) is 7.78. The van der Waals surface area contributed by atoms with Gasteiger partial charge in [-0.25, -0.2) is 0 Å². The summed E-state index contributed by atoms with van der Waals surface area (Å²) in [6, 6.07) is 1.98. The van der Waals surface area contributed by atoms with Gasteiger partial charge in [0.05, 0.1) is 18.6 Å². The molecule has 0 aromatic rings. The third kappa shape index (κ3) is 9.36. The minimum absolute atomic E-state index is 0.146. The molecule has 0 spiro atoms. The van der Waals surface area contributed by atoms with Crippen LogP contribution in [-0.4, -0.2) is 24.1 Å². The molecule has 17 heavy (non-hydrogen) atoms. The van der Waals surface area contributed by atoms with Gasteiger partial charge < -0.3 is 9.47 Å². The predicted molar refractivity (Wildman–Crippen MR) is 60.9 cm³/mol. The predicted octanol–water partition coefficient (Wildman–Crippen LogP) is 1.95. The maximum Gasteiger partial charge on any atom is 0.302 e. The fraction of sp³-hybridized carbons (Fsp3) is 0.750. The number of hydrogen-bond donors (Lipinski definition) is 0. The maximum absolute atomic E-state index is 10.8. The van der Waals surface area contributed by atoms with E-state index in [4.69, 9.17) is 14.7 Å². The van der Waals surface area contributed by atoms with Crippen LogP contribution in [0.5, 0.6) is 0 Å². The van der Waals surface area contributed by atoms with E-state index in [1.165, 1.54) is 13.8 Å². The van der Waals surface area contributed by atoms with Gasteiger partial charge in [-0.05, 0) is 26.2 Å². The Hall–Kier alpha value is -1.57. The first-order valence-corrected chi connectivity index (χ1v) is 5.67. The van der Waals surface area contributed by atoms with Crippen LogP contribution in [-0.2, 0) is 19.1 Å². The van der Waals surface area contributed by atoms with Crippen LogP contribution in [0.3, 0.4) is 0 Å². The number of rotatable bonds is 7. The molecule has 0 saturated carbocycles. The van der Waals surface area contributed by atoms with Crippen LogP contribution in [0, 0.1) is 11.3 Å². The van der Waals surface area contributed by atoms with Crippen molar-refractivity contribution in [2.45, 2.75) is 58.7 Å². The third-order valence-corrected chi connectivity index (χ3v) is 2.16. The second kappa shape index (κ2) is 8.57. The zero-order valence-electron chi connectivity index (χ0n) is 10.6. The Morgan fingerprint density at radius 2 is 1.76 bits per heavy atom. The topological polar surface area (TPSA) is 76.4 Å². The zero-order valence-corrected chi connectivity index (χ0v) is 10.6. The summed E-state index contributed by atoms with van der Waals surface area (Å²) in [6.45, 7) is 4.51. The molecule has 0 aromatic carbocycles. The Balaban J connectivity index is 3.85. The second-order valence-electron chi connectivity index (χ2n) is 3.94. The van der Waals surface area contributed by atoms with Crippen molar-refractivity contribution in [3.8, 4) is 6.07 Å². The number of nitrogens with zero attached hydrogens (tertiary/aromatic N) is 1. The number of carbonyl (C=O) groups excluding carboxylic acids is 2. The highest BCUT2D eigenvalue weighted by Gasteiger charge is 2.13. The van der Waals surface area contributed by atoms with E-state index in [1.54, 1.807) is 0 Å². The first kappa shape index (κ1) is 15.4. The minimum atomic E-state index is -0.377. The van der Waals surface area contributed by atoms with Gasteiger partial charge in [-0.2, -0.15) is 5.26 Å². The molecular formula is C12H19NO4. The summed E-state index contributed by atoms with van der Waals surface area (Å²) in [4.78, 5) is 21.4. The molecule has 0 radical (unpaired) electrons. The van der Waals surface area contributed by atoms with E-state index in [1.807, 2.05) is 13.0 Å². The lowest BCUT2D eigenvalue weighted by Gasteiger charge is -2.15. The van der Waals surface area contributed by atoms with Crippen molar-refractivity contribution in [1.29, 1.82) is 5.26 Å². The molecule has 0 bridgehead atoms. The van der Waals surface area contributed by atoms with Crippen molar-refractivity contribution < 1.29 is 19.1 Å². The Bertz CT molecular complexity index is 295. The van der Waals surface area contributed by atoms with E-state index in [-0.39, 0.29) is 30.6 Å². The molecule has 0 heterocycles. The van der Waals surface area contributed by atoms with Gasteiger partial charge in [0.1, 0.15) is 6.10 Å². The lowest BCUT2D eigenvalue weighted by atomic mass is 10.1. The molecule has 96 valence electrons. The summed E-state index contributed by atoms with van der Waals surface area (Å²) in [5.41, 5.74) is 0. The molecular weight excluding hydrogens is 222 g/mol. The van der Waals surface area contributed by atoms with Crippen LogP contribution < -0.4 is 0 Å². The van der Waals surface area contributed by atoms with Gasteiger partial charge in [-0.15, -0.1) is 0 Å². The van der Waals surface area contributed by atoms with Crippen LogP contribution in [0.4, 0.5) is 0 Å². The first-order chi connectivity index (χ1) is 7.95. The number of nitriles is 1. The van der Waals surface area contributed by atoms with E-state index in [0.717, 1.165) is 6.42 Å². The molecule has 0 aliphatic rings. The molecule has 0 saturated heterocycles. The van der Waals surface area contributed by atoms with Crippen molar-refractivity contribution in [3.05, 3.63) is 0 Å². The Morgan fingerprint density at radius 3 is 2.24 bits per heavy atom. The maximum atomic E-state index is 10.8. The van der Waals surface area contributed by atoms with E-state index in [0.29, 0.717) is 12.8 Å². The molecule has 0 N–H and O–H groups in total. The highest BCUT2D eigenvalue weighted by Crippen LogP contribution is 2.12. The fourth-order valence-electron chi connectivity index (χ4n) is 1.51. The Labute approximate surface area is 102 Å². The molecule has 0 fully saturated rings. The Morgan fingerprint density at radius 1 is 1.18 bits per heavy atom. The molecule has 0 unspecified atom stereocenters. The summed E-state index contributed by atoms with van der Waals surface area (Å²) in [7, 11) is 0. The van der Waals surface area contributed by atoms with Crippen LogP contribution in [0.1, 0.15) is 46.5 Å². The average molecular weight is 241 g/mol. The molecule has 0 rings (SSSR count). The van der Waals surface area contributed by atoms with E-state index in [2.05, 4.69) is 0 Å². The van der Waals surface area contributed by atoms with E-state index in [9.17, 15) is 9.59 Å². The van der Waals surface area contributed by atoms with Crippen LogP contribution in [0.15, 0.2) is 0 Å². The highest BCUT2D eigenvalue weighted by molar-refractivity contribution is 5.66. The molecule has 0 aliphatic carbocycles. The molecule has 0 aliphatic heterocycles. The van der Waals surface area contributed by atoms with Gasteiger partial charge in [0, 0.05) is 13.8 Å². The molecule has 2 atom stereocenters. The molecule has 5 heteroatoms. The summed E-state index contributed by atoms with van der Waals surface area (Å²) in [6.07, 6.45) is 1.74. The van der Waals surface area contributed by atoms with Gasteiger partial charge in [0.2, 0.25) is 0 Å². The van der Waals surface area contributed by atoms with Crippen molar-refractivity contribution in [3.63, 3.8) is 0 Å². The van der Waals surface area contributed by atoms with Crippen molar-refractivity contribution in [2.75, 3.05) is 0 Å². The summed E-state index contributed by atoms with van der Waals surface area (Å²) in [5, 5.41) is 8.57. The zero-order chi connectivity index (χ0) is 13.3. The number of hydrogen-bond acceptors (Lipinski definition) is 5. The minimum Gasteiger partial charge on any atom is -0.463 e. The number of ether oxygens (including phenoxy) is 2. The van der Waals surface area contributed by atoms with Crippen LogP contribution in [0.2, 0.25) is 0 Å². The van der Waals surface area contributed by atoms with Crippen molar-refractivity contribution in [2.24, 2.45) is 0 Å². The average Bonchev–Trinajstić information content (AvgIpc) is 2.15. The molecule has 5 nitrogen and oxygen atoms in total. The van der Waals surface area contributed by atoms with E-state index >= 15 is 0 Å². The number of esters is 2. The summed E-state index contributed by atoms with van der Waals surface area (Å²) in [5.74, 6) is -0.677. The van der Waals surface area contributed by atoms with Crippen molar-refractivity contribution >= 4 is 11.9 Å². The largest absolute Gasteiger partial charge is 0.463 e. The highest BCUT2D eigenvalue weighted by atomic mass is 16.5. The lowest BCUT2D eigenvalue weighted by molar-refractivity contribution is -0.146. The quantitative estimate of drug-likeness (QED) is 0.637. The van der Waals surface area contributed by atoms with Gasteiger partial charge in [-0.3, -0.25) is 9.59 Å². The number of carbonyl (C=O) groups is 2. The van der Waals surface area contributed by atoms with Crippen LogP contribution >= 0.6 is 0 Å². The summed E-state index contributed by atoms with van der Waals surface area (Å²) < 4.78 is 9.95. The SMILES string of the molecule is CC(=O)O[C@H](CC#N)CCC[C@@H](C)OC(C)=O. The third-order valence-electron chi connectivity index (χ3n) is 2.16. The smallest absolute Gasteiger partial charge is 0.302 e. The van der Waals surface area contributed by atoms with Gasteiger partial charge >= 0.3 is 11.9 Å². The lowest BCUT2D eigenvalue weighted by Crippen LogP contribution is -2.17. The first-order valence-electron chi connectivity index (χ1n) is 5.67. The van der Waals surface area contributed by atoms with Crippen molar-refractivity contribution in [1.82, 2.24) is 0 Å². The van der Waals surface area contributed by atoms with Gasteiger partial charge in [0.15, 0.2) is 0 Å². The molecule has 0 amide bonds. The van der Waals surface area contributed by atoms with E-state index < -0.39 is 0 Å². The molecule has 0 aromatic heterocycles. The fourth-order valence-corrected chi connectivity index (χ4v) is 1.51. The standard InChI is InChI=1S/C12H19NO4/c1-9(16-10(2)14)5-4-6-12(7-8-13)17-11(3)15/h9,12H,4-7H2,1-3H3/t9-,12+/m1/s1. The van der Waals surface area contributed by atoms with Crippen LogP contribution in [0.25, 0.3) is 0 Å². The summed E-state index contributed by atoms with van der Waals surface area (Å²) >= 11 is 0. The monoisotopic (exact) mass is 241 g/mol. The van der Waals surface area contributed by atoms with Gasteiger partial charge in [0.25, 0.3) is 0 Å². The van der Waals surface area contributed by atoms with Gasteiger partial charge in [-0.1, -0.05) is 0 Å².